The molecule has 2 amide bonds. The molecule has 0 radical (unpaired) electrons. The number of carbonyl (C=O) groups excluding carboxylic acids is 3. The van der Waals surface area contributed by atoms with Crippen molar-refractivity contribution in [1.29, 1.82) is 0 Å². The van der Waals surface area contributed by atoms with Gasteiger partial charge in [-0.15, -0.1) is 10.2 Å². The molecule has 9 nitrogen and oxygen atoms in total. The molecular weight excluding hydrogens is 400 g/mol. The van der Waals surface area contributed by atoms with Gasteiger partial charge >= 0.3 is 5.97 Å². The number of fused-ring (bicyclic) bond motifs is 1. The van der Waals surface area contributed by atoms with Gasteiger partial charge in [-0.3, -0.25) is 19.0 Å². The summed E-state index contributed by atoms with van der Waals surface area (Å²) < 4.78 is 6.28. The fourth-order valence-corrected chi connectivity index (χ4v) is 3.03. The average Bonchev–Trinajstić information content (AvgIpc) is 3.02. The number of hydrogen-bond acceptors (Lipinski definition) is 6. The summed E-state index contributed by atoms with van der Waals surface area (Å²) in [5.74, 6) is -1.81. The number of esters is 1. The molecule has 0 saturated heterocycles. The first-order chi connectivity index (χ1) is 15.0. The number of nitrogens with one attached hydrogen (secondary N) is 1. The molecule has 160 valence electrons. The van der Waals surface area contributed by atoms with Gasteiger partial charge in [-0.2, -0.15) is 0 Å². The summed E-state index contributed by atoms with van der Waals surface area (Å²) in [6.07, 6.45) is 0.146. The Labute approximate surface area is 178 Å². The van der Waals surface area contributed by atoms with E-state index in [0.29, 0.717) is 10.9 Å². The minimum Gasteiger partial charge on any atom is -0.493 e. The zero-order valence-corrected chi connectivity index (χ0v) is 16.9. The minimum atomic E-state index is -0.678. The van der Waals surface area contributed by atoms with Crippen molar-refractivity contribution in [1.82, 2.24) is 9.88 Å². The number of benzene rings is 2. The lowest BCUT2D eigenvalue weighted by atomic mass is 10.1. The lowest BCUT2D eigenvalue weighted by molar-refractivity contribution is -0.143. The number of aromatic nitrogens is 1. The fourth-order valence-electron chi connectivity index (χ4n) is 3.03. The van der Waals surface area contributed by atoms with Crippen LogP contribution in [0.3, 0.4) is 0 Å². The van der Waals surface area contributed by atoms with Crippen LogP contribution in [-0.2, 0) is 32.1 Å². The van der Waals surface area contributed by atoms with E-state index in [0.717, 1.165) is 5.56 Å². The second-order valence-electron chi connectivity index (χ2n) is 6.61. The third kappa shape index (κ3) is 5.53. The Balaban J connectivity index is 1.69. The van der Waals surface area contributed by atoms with Gasteiger partial charge in [0.1, 0.15) is 13.1 Å². The highest BCUT2D eigenvalue weighted by molar-refractivity contribution is 5.96. The van der Waals surface area contributed by atoms with Crippen LogP contribution in [0.2, 0.25) is 0 Å². The van der Waals surface area contributed by atoms with Crippen LogP contribution in [-0.4, -0.2) is 40.6 Å². The molecule has 9 heteroatoms. The van der Waals surface area contributed by atoms with Crippen LogP contribution in [0.1, 0.15) is 12.5 Å². The standard InChI is InChI=1S/C22H22N4O5/c1-2-31-20(29)14-26-17-11-7-6-10-16(17)21(22(26)30)25-24-19(28)13-23-18(27)12-15-8-4-3-5-9-15/h3-11,30H,2,12-14H2,1H3,(H,23,27). The van der Waals surface area contributed by atoms with E-state index in [4.69, 9.17) is 4.74 Å². The van der Waals surface area contributed by atoms with Crippen LogP contribution in [0.4, 0.5) is 5.69 Å². The zero-order valence-electron chi connectivity index (χ0n) is 16.9. The zero-order chi connectivity index (χ0) is 22.2. The fraction of sp³-hybridized carbons (Fsp3) is 0.227. The highest BCUT2D eigenvalue weighted by Gasteiger charge is 2.19. The van der Waals surface area contributed by atoms with Crippen molar-refractivity contribution in [3.63, 3.8) is 0 Å². The first kappa shape index (κ1) is 21.7. The monoisotopic (exact) mass is 422 g/mol. The van der Waals surface area contributed by atoms with Gasteiger partial charge in [0, 0.05) is 5.39 Å². The second kappa shape index (κ2) is 10.1. The maximum atomic E-state index is 12.1. The van der Waals surface area contributed by atoms with Crippen LogP contribution >= 0.6 is 0 Å². The Kier molecular flexibility index (Phi) is 7.10. The van der Waals surface area contributed by atoms with Crippen LogP contribution in [0.25, 0.3) is 10.9 Å². The summed E-state index contributed by atoms with van der Waals surface area (Å²) >= 11 is 0. The molecule has 0 aliphatic carbocycles. The van der Waals surface area contributed by atoms with Crippen molar-refractivity contribution in [3.05, 3.63) is 60.2 Å². The van der Waals surface area contributed by atoms with Crippen LogP contribution in [0.15, 0.2) is 64.8 Å². The van der Waals surface area contributed by atoms with Crippen molar-refractivity contribution < 1.29 is 24.2 Å². The Bertz CT molecular complexity index is 1120. The quantitative estimate of drug-likeness (QED) is 0.427. The molecule has 0 fully saturated rings. The molecule has 1 aromatic heterocycles. The van der Waals surface area contributed by atoms with Crippen molar-refractivity contribution in [3.8, 4) is 5.88 Å². The molecule has 0 saturated carbocycles. The molecule has 0 bridgehead atoms. The molecule has 0 unspecified atom stereocenters. The van der Waals surface area contributed by atoms with Crippen molar-refractivity contribution >= 4 is 34.4 Å². The molecule has 3 aromatic rings. The first-order valence-electron chi connectivity index (χ1n) is 9.70. The Hall–Kier alpha value is -4.01. The molecule has 0 atom stereocenters. The van der Waals surface area contributed by atoms with Gasteiger partial charge in [0.25, 0.3) is 5.91 Å². The largest absolute Gasteiger partial charge is 0.493 e. The smallest absolute Gasteiger partial charge is 0.326 e. The summed E-state index contributed by atoms with van der Waals surface area (Å²) in [5.41, 5.74) is 1.43. The van der Waals surface area contributed by atoms with Crippen molar-refractivity contribution in [2.75, 3.05) is 13.2 Å². The van der Waals surface area contributed by atoms with E-state index in [2.05, 4.69) is 15.5 Å². The lowest BCUT2D eigenvalue weighted by Gasteiger charge is -2.06. The lowest BCUT2D eigenvalue weighted by Crippen LogP contribution is -2.29. The highest BCUT2D eigenvalue weighted by atomic mass is 16.5. The van der Waals surface area contributed by atoms with E-state index in [-0.39, 0.29) is 43.6 Å². The summed E-state index contributed by atoms with van der Waals surface area (Å²) in [5, 5.41) is 21.0. The van der Waals surface area contributed by atoms with E-state index >= 15 is 0 Å². The predicted molar refractivity (Wildman–Crippen MR) is 113 cm³/mol. The molecule has 1 heterocycles. The highest BCUT2D eigenvalue weighted by Crippen LogP contribution is 2.38. The maximum Gasteiger partial charge on any atom is 0.326 e. The molecule has 3 rings (SSSR count). The number of amides is 2. The van der Waals surface area contributed by atoms with Gasteiger partial charge in [0.15, 0.2) is 5.69 Å². The first-order valence-corrected chi connectivity index (χ1v) is 9.70. The number of carbonyl (C=O) groups is 3. The van der Waals surface area contributed by atoms with E-state index in [9.17, 15) is 19.5 Å². The maximum absolute atomic E-state index is 12.1. The number of para-hydroxylation sites is 1. The Morgan fingerprint density at radius 3 is 2.52 bits per heavy atom. The van der Waals surface area contributed by atoms with Gasteiger partial charge in [-0.05, 0) is 18.6 Å². The van der Waals surface area contributed by atoms with Crippen molar-refractivity contribution in [2.45, 2.75) is 19.9 Å². The van der Waals surface area contributed by atoms with Gasteiger partial charge in [-0.1, -0.05) is 48.5 Å². The number of aromatic hydroxyl groups is 1. The van der Waals surface area contributed by atoms with Crippen LogP contribution in [0, 0.1) is 0 Å². The van der Waals surface area contributed by atoms with E-state index in [1.807, 2.05) is 30.3 Å². The summed E-state index contributed by atoms with van der Waals surface area (Å²) in [6.45, 7) is 1.38. The number of ether oxygens (including phenoxy) is 1. The molecule has 0 aliphatic heterocycles. The number of nitrogens with zero attached hydrogens (tertiary/aromatic N) is 3. The summed E-state index contributed by atoms with van der Waals surface area (Å²) in [6, 6.07) is 16.0. The third-order valence-corrected chi connectivity index (χ3v) is 4.42. The van der Waals surface area contributed by atoms with Gasteiger partial charge in [0.05, 0.1) is 18.5 Å². The predicted octanol–water partition coefficient (Wildman–Crippen LogP) is 2.88. The number of rotatable bonds is 8. The molecule has 0 aliphatic rings. The topological polar surface area (TPSA) is 122 Å². The van der Waals surface area contributed by atoms with E-state index in [1.54, 1.807) is 31.2 Å². The molecule has 2 N–H and O–H groups in total. The van der Waals surface area contributed by atoms with Gasteiger partial charge in [0.2, 0.25) is 11.8 Å². The molecule has 0 spiro atoms. The minimum absolute atomic E-state index is 0.0591. The molecular formula is C22H22N4O5. The van der Waals surface area contributed by atoms with Crippen molar-refractivity contribution in [2.24, 2.45) is 10.2 Å². The van der Waals surface area contributed by atoms with E-state index < -0.39 is 11.9 Å². The number of azo groups is 1. The summed E-state index contributed by atoms with van der Waals surface area (Å²) in [7, 11) is 0. The Morgan fingerprint density at radius 2 is 1.77 bits per heavy atom. The normalized spacial score (nSPS) is 11.0. The third-order valence-electron chi connectivity index (χ3n) is 4.42. The van der Waals surface area contributed by atoms with Gasteiger partial charge in [-0.25, -0.2) is 0 Å². The van der Waals surface area contributed by atoms with E-state index in [1.165, 1.54) is 4.57 Å². The molecule has 2 aromatic carbocycles. The molecule has 31 heavy (non-hydrogen) atoms. The van der Waals surface area contributed by atoms with Crippen LogP contribution < -0.4 is 5.32 Å². The average molecular weight is 422 g/mol. The van der Waals surface area contributed by atoms with Crippen LogP contribution in [0.5, 0.6) is 5.88 Å². The second-order valence-corrected chi connectivity index (χ2v) is 6.61. The van der Waals surface area contributed by atoms with Gasteiger partial charge < -0.3 is 15.2 Å². The number of hydrogen-bond donors (Lipinski definition) is 2. The Morgan fingerprint density at radius 1 is 1.06 bits per heavy atom. The SMILES string of the molecule is CCOC(=O)Cn1c(O)c(N=NC(=O)CNC(=O)Cc2ccccc2)c2ccccc21. The summed E-state index contributed by atoms with van der Waals surface area (Å²) in [4.78, 5) is 35.9.